The van der Waals surface area contributed by atoms with E-state index in [1.165, 1.54) is 12.8 Å². The lowest BCUT2D eigenvalue weighted by Gasteiger charge is -2.44. The first kappa shape index (κ1) is 30.0. The largest absolute Gasteiger partial charge is 0.411 e. The molecule has 0 amide bonds. The molecule has 33 heavy (non-hydrogen) atoms. The molecular formula is C28H50O3Si2. The van der Waals surface area contributed by atoms with Crippen molar-refractivity contribution in [3.63, 3.8) is 0 Å². The molecule has 0 aromatic heterocycles. The molecule has 5 heteroatoms. The summed E-state index contributed by atoms with van der Waals surface area (Å²) in [7, 11) is -4.01. The summed E-state index contributed by atoms with van der Waals surface area (Å²) >= 11 is 0. The molecule has 188 valence electrons. The highest BCUT2D eigenvalue weighted by Gasteiger charge is 2.44. The van der Waals surface area contributed by atoms with Gasteiger partial charge in [0.1, 0.15) is 6.29 Å². The molecule has 0 saturated carbocycles. The van der Waals surface area contributed by atoms with Gasteiger partial charge in [0.15, 0.2) is 16.6 Å². The fraction of sp³-hybridized carbons (Fsp3) is 0.679. The van der Waals surface area contributed by atoms with Gasteiger partial charge in [0.25, 0.3) is 0 Å². The number of benzene rings is 1. The molecule has 0 fully saturated rings. The van der Waals surface area contributed by atoms with E-state index in [0.29, 0.717) is 5.56 Å². The molecule has 0 aliphatic heterocycles. The van der Waals surface area contributed by atoms with Crippen LogP contribution in [-0.2, 0) is 8.85 Å². The second kappa shape index (κ2) is 12.1. The van der Waals surface area contributed by atoms with Gasteiger partial charge in [-0.2, -0.15) is 0 Å². The number of rotatable bonds is 12. The van der Waals surface area contributed by atoms with Gasteiger partial charge in [-0.1, -0.05) is 98.1 Å². The monoisotopic (exact) mass is 490 g/mol. The van der Waals surface area contributed by atoms with Gasteiger partial charge in [-0.3, -0.25) is 4.79 Å². The van der Waals surface area contributed by atoms with E-state index >= 15 is 0 Å². The van der Waals surface area contributed by atoms with Crippen LogP contribution in [0.25, 0.3) is 6.08 Å². The van der Waals surface area contributed by atoms with E-state index in [0.717, 1.165) is 24.7 Å². The number of aldehydes is 1. The van der Waals surface area contributed by atoms with Gasteiger partial charge in [0, 0.05) is 5.56 Å². The third-order valence-corrected chi connectivity index (χ3v) is 16.5. The Balaban J connectivity index is 3.40. The minimum absolute atomic E-state index is 0.0251. The van der Waals surface area contributed by atoms with E-state index in [1.54, 1.807) is 0 Å². The molecule has 0 N–H and O–H groups in total. The fourth-order valence-corrected chi connectivity index (χ4v) is 5.77. The standard InChI is InChI=1S/C28H50O3Si2/c1-12-13-14-18-25(30-32(8,9)27(2,3)4)26(31-33(10,11)28(5,6)7)20-19-23-16-15-17-24(21-23)22-29/h15-17,19-22,25-26H,12-14,18H2,1-11H3/b20-19+. The smallest absolute Gasteiger partial charge is 0.193 e. The van der Waals surface area contributed by atoms with Gasteiger partial charge in [-0.25, -0.2) is 0 Å². The van der Waals surface area contributed by atoms with Gasteiger partial charge < -0.3 is 8.85 Å². The fourth-order valence-electron chi connectivity index (χ4n) is 3.14. The highest BCUT2D eigenvalue weighted by molar-refractivity contribution is 6.74. The Morgan fingerprint density at radius 1 is 0.879 bits per heavy atom. The van der Waals surface area contributed by atoms with Crippen molar-refractivity contribution in [1.82, 2.24) is 0 Å². The summed E-state index contributed by atoms with van der Waals surface area (Å²) in [6.07, 6.45) is 9.63. The molecule has 1 rings (SSSR count). The van der Waals surface area contributed by atoms with E-state index in [9.17, 15) is 4.79 Å². The van der Waals surface area contributed by atoms with Crippen molar-refractivity contribution < 1.29 is 13.6 Å². The average Bonchev–Trinajstić information content (AvgIpc) is 2.68. The number of carbonyl (C=O) groups excluding carboxylic acids is 1. The maximum Gasteiger partial charge on any atom is 0.193 e. The first-order valence-corrected chi connectivity index (χ1v) is 18.4. The molecule has 0 spiro atoms. The summed E-state index contributed by atoms with van der Waals surface area (Å²) in [6.45, 7) is 25.3. The molecule has 3 nitrogen and oxygen atoms in total. The average molecular weight is 491 g/mol. The quantitative estimate of drug-likeness (QED) is 0.167. The first-order valence-electron chi connectivity index (χ1n) is 12.6. The van der Waals surface area contributed by atoms with Crippen molar-refractivity contribution in [2.75, 3.05) is 0 Å². The molecule has 0 aliphatic carbocycles. The Kier molecular flexibility index (Phi) is 11.0. The van der Waals surface area contributed by atoms with Crippen LogP contribution >= 0.6 is 0 Å². The van der Waals surface area contributed by atoms with Crippen molar-refractivity contribution in [1.29, 1.82) is 0 Å². The number of unbranched alkanes of at least 4 members (excludes halogenated alkanes) is 2. The molecule has 2 unspecified atom stereocenters. The second-order valence-electron chi connectivity index (χ2n) is 12.4. The van der Waals surface area contributed by atoms with Gasteiger partial charge >= 0.3 is 0 Å². The summed E-state index contributed by atoms with van der Waals surface area (Å²) in [5.74, 6) is 0. The maximum atomic E-state index is 11.2. The Labute approximate surface area is 206 Å². The lowest BCUT2D eigenvalue weighted by atomic mass is 10.0. The topological polar surface area (TPSA) is 35.5 Å². The molecule has 0 aliphatic rings. The molecule has 1 aromatic carbocycles. The van der Waals surface area contributed by atoms with Gasteiger partial charge in [-0.15, -0.1) is 0 Å². The van der Waals surface area contributed by atoms with Crippen LogP contribution in [0.3, 0.4) is 0 Å². The lowest BCUT2D eigenvalue weighted by Crippen LogP contribution is -2.51. The molecule has 0 bridgehead atoms. The van der Waals surface area contributed by atoms with Gasteiger partial charge in [0.05, 0.1) is 12.2 Å². The van der Waals surface area contributed by atoms with Gasteiger partial charge in [-0.05, 0) is 54.3 Å². The Hall–Kier alpha value is -1.02. The third-order valence-electron chi connectivity index (χ3n) is 7.47. The summed E-state index contributed by atoms with van der Waals surface area (Å²) < 4.78 is 14.0. The highest BCUT2D eigenvalue weighted by Crippen LogP contribution is 2.41. The minimum atomic E-state index is -2.03. The van der Waals surface area contributed by atoms with Crippen LogP contribution in [0.2, 0.25) is 36.3 Å². The number of carbonyl (C=O) groups is 1. The van der Waals surface area contributed by atoms with Crippen LogP contribution in [0.5, 0.6) is 0 Å². The summed E-state index contributed by atoms with van der Waals surface area (Å²) in [4.78, 5) is 11.2. The van der Waals surface area contributed by atoms with E-state index in [2.05, 4.69) is 86.8 Å². The molecule has 0 radical (unpaired) electrons. The molecule has 2 atom stereocenters. The van der Waals surface area contributed by atoms with Crippen LogP contribution in [0.4, 0.5) is 0 Å². The van der Waals surface area contributed by atoms with Crippen molar-refractivity contribution in [3.8, 4) is 0 Å². The van der Waals surface area contributed by atoms with Crippen LogP contribution in [0.15, 0.2) is 30.3 Å². The molecular weight excluding hydrogens is 440 g/mol. The molecule has 0 heterocycles. The van der Waals surface area contributed by atoms with Crippen molar-refractivity contribution >= 4 is 29.0 Å². The van der Waals surface area contributed by atoms with E-state index < -0.39 is 16.6 Å². The van der Waals surface area contributed by atoms with Crippen molar-refractivity contribution in [3.05, 3.63) is 41.5 Å². The normalized spacial score (nSPS) is 15.6. The summed E-state index contributed by atoms with van der Waals surface area (Å²) in [6, 6.07) is 7.72. The predicted octanol–water partition coefficient (Wildman–Crippen LogP) is 8.87. The highest BCUT2D eigenvalue weighted by atomic mass is 28.4. The van der Waals surface area contributed by atoms with E-state index in [-0.39, 0.29) is 22.3 Å². The SMILES string of the molecule is CCCCCC(O[Si](C)(C)C(C)(C)C)C(/C=C/c1cccc(C=O)c1)O[Si](C)(C)C(C)(C)C. The van der Waals surface area contributed by atoms with Crippen molar-refractivity contribution in [2.24, 2.45) is 0 Å². The Morgan fingerprint density at radius 3 is 1.94 bits per heavy atom. The Bertz CT molecular complexity index is 770. The second-order valence-corrected chi connectivity index (χ2v) is 21.9. The third kappa shape index (κ3) is 9.27. The van der Waals surface area contributed by atoms with Crippen LogP contribution < -0.4 is 0 Å². The maximum absolute atomic E-state index is 11.2. The Morgan fingerprint density at radius 2 is 1.42 bits per heavy atom. The first-order chi connectivity index (χ1) is 15.0. The number of hydrogen-bond acceptors (Lipinski definition) is 3. The van der Waals surface area contributed by atoms with Gasteiger partial charge in [0.2, 0.25) is 0 Å². The minimum Gasteiger partial charge on any atom is -0.411 e. The van der Waals surface area contributed by atoms with Crippen LogP contribution in [0, 0.1) is 0 Å². The number of hydrogen-bond donors (Lipinski definition) is 0. The predicted molar refractivity (Wildman–Crippen MR) is 149 cm³/mol. The molecule has 1 aromatic rings. The summed E-state index contributed by atoms with van der Waals surface area (Å²) in [5, 5.41) is 0.251. The van der Waals surface area contributed by atoms with E-state index in [4.69, 9.17) is 8.85 Å². The van der Waals surface area contributed by atoms with Crippen molar-refractivity contribution in [2.45, 2.75) is 123 Å². The summed E-state index contributed by atoms with van der Waals surface area (Å²) in [5.41, 5.74) is 1.71. The van der Waals surface area contributed by atoms with E-state index in [1.807, 2.05) is 24.3 Å². The zero-order valence-electron chi connectivity index (χ0n) is 23.2. The zero-order valence-corrected chi connectivity index (χ0v) is 25.2. The molecule has 0 saturated heterocycles. The zero-order chi connectivity index (χ0) is 25.5. The van der Waals surface area contributed by atoms with Crippen LogP contribution in [0.1, 0.15) is 90.1 Å². The lowest BCUT2D eigenvalue weighted by molar-refractivity contribution is 0.0563. The van der Waals surface area contributed by atoms with Crippen LogP contribution in [-0.4, -0.2) is 35.1 Å².